The fraction of sp³-hybridized carbons (Fsp3) is 0.294. The highest BCUT2D eigenvalue weighted by atomic mass is 14.6. The summed E-state index contributed by atoms with van der Waals surface area (Å²) in [6, 6.07) is 13.2. The average molecular weight is 471 g/mol. The minimum atomic E-state index is 0.516. The number of benzene rings is 2. The van der Waals surface area contributed by atoms with Crippen molar-refractivity contribution in [1.29, 1.82) is 0 Å². The standard InChI is InChI=1S/C34H34N2/c1-19-13-27(25-9-7-11-35-17-25)23(5)29-15-21(3)33(31(19)29)34-22(4)16-30-24(6)28(14-20(2)32(30)34)26-10-8-12-36-18-26/h7-14,17-18,21-22H,15-16H2,1-6H3/b34-33+. The van der Waals surface area contributed by atoms with Crippen molar-refractivity contribution in [2.45, 2.75) is 54.4 Å². The van der Waals surface area contributed by atoms with Gasteiger partial charge in [0, 0.05) is 35.9 Å². The van der Waals surface area contributed by atoms with Crippen LogP contribution in [-0.2, 0) is 12.8 Å². The molecule has 2 heterocycles. The van der Waals surface area contributed by atoms with E-state index in [1.54, 1.807) is 11.1 Å². The molecule has 0 fully saturated rings. The summed E-state index contributed by atoms with van der Waals surface area (Å²) in [5.41, 5.74) is 19.9. The van der Waals surface area contributed by atoms with Crippen LogP contribution in [0, 0.1) is 39.5 Å². The third kappa shape index (κ3) is 3.38. The second-order valence-electron chi connectivity index (χ2n) is 11.0. The molecular formula is C34H34N2. The summed E-state index contributed by atoms with van der Waals surface area (Å²) < 4.78 is 0. The van der Waals surface area contributed by atoms with Crippen LogP contribution >= 0.6 is 0 Å². The summed E-state index contributed by atoms with van der Waals surface area (Å²) in [4.78, 5) is 8.77. The maximum absolute atomic E-state index is 4.39. The number of hydrogen-bond acceptors (Lipinski definition) is 2. The van der Waals surface area contributed by atoms with E-state index in [4.69, 9.17) is 0 Å². The van der Waals surface area contributed by atoms with Crippen molar-refractivity contribution in [3.05, 3.63) is 106 Å². The van der Waals surface area contributed by atoms with E-state index in [1.165, 1.54) is 66.8 Å². The van der Waals surface area contributed by atoms with Crippen molar-refractivity contribution >= 4 is 11.1 Å². The first-order valence-electron chi connectivity index (χ1n) is 13.2. The van der Waals surface area contributed by atoms with Gasteiger partial charge in [0.2, 0.25) is 0 Å². The van der Waals surface area contributed by atoms with Gasteiger partial charge in [0.15, 0.2) is 0 Å². The van der Waals surface area contributed by atoms with Crippen molar-refractivity contribution in [3.8, 4) is 22.3 Å². The SMILES string of the molecule is Cc1cc(-c2cccnc2)c(C)c2c1/C(=C1/c3c(C)cc(-c4cccnc4)c(C)c3CC1C)C(C)C2. The molecule has 2 aliphatic carbocycles. The quantitative estimate of drug-likeness (QED) is 0.294. The predicted molar refractivity (Wildman–Crippen MR) is 151 cm³/mol. The van der Waals surface area contributed by atoms with E-state index >= 15 is 0 Å². The molecule has 2 unspecified atom stereocenters. The van der Waals surface area contributed by atoms with Crippen molar-refractivity contribution < 1.29 is 0 Å². The molecule has 2 nitrogen and oxygen atoms in total. The van der Waals surface area contributed by atoms with Crippen molar-refractivity contribution in [2.75, 3.05) is 0 Å². The molecule has 0 amide bonds. The van der Waals surface area contributed by atoms with E-state index in [2.05, 4.69) is 75.8 Å². The first-order chi connectivity index (χ1) is 17.4. The highest BCUT2D eigenvalue weighted by Crippen LogP contribution is 2.53. The van der Waals surface area contributed by atoms with Crippen LogP contribution in [0.2, 0.25) is 0 Å². The van der Waals surface area contributed by atoms with Crippen molar-refractivity contribution in [3.63, 3.8) is 0 Å². The zero-order valence-corrected chi connectivity index (χ0v) is 22.2. The molecule has 6 rings (SSSR count). The maximum atomic E-state index is 4.39. The lowest BCUT2D eigenvalue weighted by atomic mass is 9.84. The number of aromatic nitrogens is 2. The Balaban J connectivity index is 1.57. The predicted octanol–water partition coefficient (Wildman–Crippen LogP) is 8.34. The fourth-order valence-corrected chi connectivity index (χ4v) is 6.98. The third-order valence-corrected chi connectivity index (χ3v) is 8.61. The number of nitrogens with zero attached hydrogens (tertiary/aromatic N) is 2. The van der Waals surface area contributed by atoms with E-state index in [9.17, 15) is 0 Å². The molecule has 0 aliphatic heterocycles. The van der Waals surface area contributed by atoms with E-state index < -0.39 is 0 Å². The van der Waals surface area contributed by atoms with E-state index in [1.807, 2.05) is 36.9 Å². The minimum absolute atomic E-state index is 0.516. The van der Waals surface area contributed by atoms with Gasteiger partial charge in [-0.3, -0.25) is 9.97 Å². The smallest absolute Gasteiger partial charge is 0.0346 e. The molecule has 0 N–H and O–H groups in total. The molecule has 2 heteroatoms. The molecular weight excluding hydrogens is 436 g/mol. The van der Waals surface area contributed by atoms with Crippen LogP contribution in [0.3, 0.4) is 0 Å². The van der Waals surface area contributed by atoms with Crippen LogP contribution in [0.25, 0.3) is 33.4 Å². The van der Waals surface area contributed by atoms with Gasteiger partial charge in [-0.2, -0.15) is 0 Å². The van der Waals surface area contributed by atoms with Crippen LogP contribution < -0.4 is 0 Å². The summed E-state index contributed by atoms with van der Waals surface area (Å²) in [5.74, 6) is 1.03. The van der Waals surface area contributed by atoms with E-state index in [-0.39, 0.29) is 0 Å². The Bertz CT molecular complexity index is 1410. The summed E-state index contributed by atoms with van der Waals surface area (Å²) >= 11 is 0. The number of rotatable bonds is 2. The second-order valence-corrected chi connectivity index (χ2v) is 11.0. The number of fused-ring (bicyclic) bond motifs is 2. The normalized spacial score (nSPS) is 20.5. The second kappa shape index (κ2) is 8.55. The largest absolute Gasteiger partial charge is 0.264 e. The topological polar surface area (TPSA) is 25.8 Å². The average Bonchev–Trinajstić information content (AvgIpc) is 3.41. The van der Waals surface area contributed by atoms with Gasteiger partial charge >= 0.3 is 0 Å². The molecule has 36 heavy (non-hydrogen) atoms. The summed E-state index contributed by atoms with van der Waals surface area (Å²) in [5, 5.41) is 0. The highest BCUT2D eigenvalue weighted by Gasteiger charge is 2.36. The van der Waals surface area contributed by atoms with Gasteiger partial charge in [0.25, 0.3) is 0 Å². The Labute approximate surface area is 215 Å². The highest BCUT2D eigenvalue weighted by molar-refractivity contribution is 6.00. The van der Waals surface area contributed by atoms with Crippen LogP contribution in [0.5, 0.6) is 0 Å². The van der Waals surface area contributed by atoms with Gasteiger partial charge < -0.3 is 0 Å². The molecule has 2 aromatic heterocycles. The molecule has 180 valence electrons. The number of hydrogen-bond donors (Lipinski definition) is 0. The maximum Gasteiger partial charge on any atom is 0.0346 e. The van der Waals surface area contributed by atoms with Gasteiger partial charge in [0.05, 0.1) is 0 Å². The Kier molecular flexibility index (Phi) is 5.44. The fourth-order valence-electron chi connectivity index (χ4n) is 6.98. The van der Waals surface area contributed by atoms with Crippen LogP contribution in [0.4, 0.5) is 0 Å². The van der Waals surface area contributed by atoms with Gasteiger partial charge in [0.1, 0.15) is 0 Å². The molecule has 2 aromatic carbocycles. The lowest BCUT2D eigenvalue weighted by Crippen LogP contribution is -2.02. The number of aryl methyl sites for hydroxylation is 2. The van der Waals surface area contributed by atoms with Crippen molar-refractivity contribution in [1.82, 2.24) is 9.97 Å². The molecule has 4 aromatic rings. The zero-order chi connectivity index (χ0) is 25.1. The van der Waals surface area contributed by atoms with Crippen LogP contribution in [0.15, 0.2) is 61.2 Å². The summed E-state index contributed by atoms with van der Waals surface area (Å²) in [7, 11) is 0. The molecule has 2 aliphatic rings. The van der Waals surface area contributed by atoms with Gasteiger partial charge in [-0.05, 0) is 131 Å². The van der Waals surface area contributed by atoms with Crippen molar-refractivity contribution in [2.24, 2.45) is 11.8 Å². The Morgan fingerprint density at radius 1 is 0.639 bits per heavy atom. The van der Waals surface area contributed by atoms with Gasteiger partial charge in [-0.1, -0.05) is 38.1 Å². The number of pyridine rings is 2. The zero-order valence-electron chi connectivity index (χ0n) is 22.2. The number of allylic oxidation sites excluding steroid dienone is 2. The van der Waals surface area contributed by atoms with Crippen LogP contribution in [-0.4, -0.2) is 9.97 Å². The van der Waals surface area contributed by atoms with Gasteiger partial charge in [-0.15, -0.1) is 0 Å². The minimum Gasteiger partial charge on any atom is -0.264 e. The monoisotopic (exact) mass is 470 g/mol. The molecule has 0 saturated heterocycles. The Morgan fingerprint density at radius 3 is 1.42 bits per heavy atom. The lowest BCUT2D eigenvalue weighted by molar-refractivity contribution is 0.751. The van der Waals surface area contributed by atoms with Gasteiger partial charge in [-0.25, -0.2) is 0 Å². The molecule has 0 spiro atoms. The molecule has 2 atom stereocenters. The van der Waals surface area contributed by atoms with Crippen LogP contribution in [0.1, 0.15) is 58.4 Å². The molecule has 0 bridgehead atoms. The van der Waals surface area contributed by atoms with E-state index in [0.717, 1.165) is 12.8 Å². The Hall–Kier alpha value is -3.52. The molecule has 0 saturated carbocycles. The first-order valence-corrected chi connectivity index (χ1v) is 13.2. The lowest BCUT2D eigenvalue weighted by Gasteiger charge is -2.20. The summed E-state index contributed by atoms with van der Waals surface area (Å²) in [6.07, 6.45) is 9.92. The molecule has 0 radical (unpaired) electrons. The third-order valence-electron chi connectivity index (χ3n) is 8.61. The summed E-state index contributed by atoms with van der Waals surface area (Å²) in [6.45, 7) is 14.1. The first kappa shape index (κ1) is 22.9. The van der Waals surface area contributed by atoms with E-state index in [0.29, 0.717) is 11.8 Å². The Morgan fingerprint density at radius 2 is 1.06 bits per heavy atom.